The average Bonchev–Trinajstić information content (AvgIpc) is 2.29. The molecule has 0 atom stereocenters. The average molecular weight is 227 g/mol. The molecule has 3 heteroatoms. The lowest BCUT2D eigenvalue weighted by Crippen LogP contribution is -2.39. The molecule has 1 rings (SSSR count). The molecule has 0 aromatic heterocycles. The smallest absolute Gasteiger partial charge is 0.409 e. The number of nitrogens with zero attached hydrogens (tertiary/aromatic N) is 1. The minimum Gasteiger partial charge on any atom is -0.449 e. The molecule has 0 aromatic carbocycles. The van der Waals surface area contributed by atoms with E-state index >= 15 is 0 Å². The number of hydrogen-bond acceptors (Lipinski definition) is 2. The quantitative estimate of drug-likeness (QED) is 0.689. The van der Waals surface area contributed by atoms with Crippen LogP contribution in [0.5, 0.6) is 0 Å². The molecule has 1 amide bonds. The summed E-state index contributed by atoms with van der Waals surface area (Å²) in [7, 11) is 1.87. The van der Waals surface area contributed by atoms with Gasteiger partial charge in [0.1, 0.15) is 0 Å². The van der Waals surface area contributed by atoms with Crippen molar-refractivity contribution in [3.63, 3.8) is 0 Å². The lowest BCUT2D eigenvalue weighted by Gasteiger charge is -2.32. The molecule has 0 bridgehead atoms. The van der Waals surface area contributed by atoms with Crippen LogP contribution < -0.4 is 0 Å². The molecule has 0 aromatic rings. The Kier molecular flexibility index (Phi) is 5.64. The van der Waals surface area contributed by atoms with E-state index in [-0.39, 0.29) is 6.09 Å². The maximum Gasteiger partial charge on any atom is 0.409 e. The van der Waals surface area contributed by atoms with Gasteiger partial charge in [-0.05, 0) is 38.0 Å². The third-order valence-corrected chi connectivity index (χ3v) is 3.54. The highest BCUT2D eigenvalue weighted by atomic mass is 16.6. The first-order chi connectivity index (χ1) is 7.65. The van der Waals surface area contributed by atoms with Gasteiger partial charge in [-0.25, -0.2) is 4.79 Å². The number of unbranched alkanes of at least 4 members (excludes halogenated alkanes) is 1. The molecular formula is C13H25NO2. The summed E-state index contributed by atoms with van der Waals surface area (Å²) in [5, 5.41) is 0. The van der Waals surface area contributed by atoms with E-state index in [9.17, 15) is 4.79 Å². The van der Waals surface area contributed by atoms with Crippen molar-refractivity contribution in [3.8, 4) is 0 Å². The molecule has 0 radical (unpaired) electrons. The van der Waals surface area contributed by atoms with Crippen molar-refractivity contribution in [2.75, 3.05) is 13.7 Å². The Morgan fingerprint density at radius 1 is 1.31 bits per heavy atom. The Morgan fingerprint density at radius 2 is 1.94 bits per heavy atom. The zero-order valence-corrected chi connectivity index (χ0v) is 10.9. The van der Waals surface area contributed by atoms with Crippen LogP contribution in [0, 0.1) is 5.92 Å². The standard InChI is InChI=1S/C13H25NO2/c1-4-5-10-16-13(15)14(3)12-8-6-11(2)7-9-12/h11-12H,4-10H2,1-3H3/t11-,12-. The molecule has 16 heavy (non-hydrogen) atoms. The van der Waals surface area contributed by atoms with Crippen molar-refractivity contribution in [1.82, 2.24) is 4.90 Å². The first-order valence-electron chi connectivity index (χ1n) is 6.54. The molecule has 1 aliphatic carbocycles. The van der Waals surface area contributed by atoms with Gasteiger partial charge in [-0.2, -0.15) is 0 Å². The van der Waals surface area contributed by atoms with E-state index in [1.165, 1.54) is 12.8 Å². The number of carbonyl (C=O) groups is 1. The van der Waals surface area contributed by atoms with Gasteiger partial charge < -0.3 is 9.64 Å². The first-order valence-corrected chi connectivity index (χ1v) is 6.54. The van der Waals surface area contributed by atoms with E-state index < -0.39 is 0 Å². The summed E-state index contributed by atoms with van der Waals surface area (Å²) in [4.78, 5) is 13.5. The van der Waals surface area contributed by atoms with Gasteiger partial charge in [-0.3, -0.25) is 0 Å². The van der Waals surface area contributed by atoms with Crippen molar-refractivity contribution in [3.05, 3.63) is 0 Å². The normalized spacial score (nSPS) is 25.2. The van der Waals surface area contributed by atoms with E-state index in [1.807, 2.05) is 7.05 Å². The Balaban J connectivity index is 2.27. The molecule has 0 saturated heterocycles. The molecule has 0 N–H and O–H groups in total. The van der Waals surface area contributed by atoms with Gasteiger partial charge in [0.25, 0.3) is 0 Å². The van der Waals surface area contributed by atoms with Crippen molar-refractivity contribution >= 4 is 6.09 Å². The Morgan fingerprint density at radius 3 is 2.50 bits per heavy atom. The zero-order valence-electron chi connectivity index (χ0n) is 10.9. The van der Waals surface area contributed by atoms with Gasteiger partial charge in [0.05, 0.1) is 6.61 Å². The highest BCUT2D eigenvalue weighted by molar-refractivity contribution is 5.67. The van der Waals surface area contributed by atoms with Crippen LogP contribution in [-0.2, 0) is 4.74 Å². The summed E-state index contributed by atoms with van der Waals surface area (Å²) in [6.07, 6.45) is 6.60. The number of carbonyl (C=O) groups excluding carboxylic acids is 1. The van der Waals surface area contributed by atoms with Gasteiger partial charge in [-0.15, -0.1) is 0 Å². The van der Waals surface area contributed by atoms with E-state index in [1.54, 1.807) is 4.90 Å². The summed E-state index contributed by atoms with van der Waals surface area (Å²) in [6.45, 7) is 4.94. The number of rotatable bonds is 4. The molecule has 3 nitrogen and oxygen atoms in total. The number of hydrogen-bond donors (Lipinski definition) is 0. The minimum atomic E-state index is -0.145. The van der Waals surface area contributed by atoms with Gasteiger partial charge in [-0.1, -0.05) is 20.3 Å². The van der Waals surface area contributed by atoms with Crippen LogP contribution in [0.2, 0.25) is 0 Å². The molecule has 1 aliphatic rings. The first kappa shape index (κ1) is 13.3. The van der Waals surface area contributed by atoms with Crippen molar-refractivity contribution in [2.45, 2.75) is 58.4 Å². The molecule has 0 heterocycles. The maximum absolute atomic E-state index is 11.7. The highest BCUT2D eigenvalue weighted by Gasteiger charge is 2.25. The zero-order chi connectivity index (χ0) is 12.0. The van der Waals surface area contributed by atoms with Crippen LogP contribution >= 0.6 is 0 Å². The largest absolute Gasteiger partial charge is 0.449 e. The van der Waals surface area contributed by atoms with Crippen LogP contribution in [0.15, 0.2) is 0 Å². The van der Waals surface area contributed by atoms with E-state index in [4.69, 9.17) is 4.74 Å². The molecule has 1 fully saturated rings. The fourth-order valence-corrected chi connectivity index (χ4v) is 2.18. The van der Waals surface area contributed by atoms with Crippen molar-refractivity contribution < 1.29 is 9.53 Å². The summed E-state index contributed by atoms with van der Waals surface area (Å²) in [5.41, 5.74) is 0. The lowest BCUT2D eigenvalue weighted by molar-refractivity contribution is 0.0843. The second kappa shape index (κ2) is 6.77. The van der Waals surface area contributed by atoms with E-state index in [2.05, 4.69) is 13.8 Å². The summed E-state index contributed by atoms with van der Waals surface area (Å²) < 4.78 is 5.21. The SMILES string of the molecule is CCCCOC(=O)N(C)[C@H]1CC[C@H](C)CC1. The van der Waals surface area contributed by atoms with Crippen LogP contribution in [0.3, 0.4) is 0 Å². The molecule has 0 unspecified atom stereocenters. The molecule has 0 spiro atoms. The number of amides is 1. The summed E-state index contributed by atoms with van der Waals surface area (Å²) in [5.74, 6) is 0.820. The van der Waals surface area contributed by atoms with Crippen LogP contribution in [0.4, 0.5) is 4.79 Å². The lowest BCUT2D eigenvalue weighted by atomic mass is 9.87. The minimum absolute atomic E-state index is 0.145. The van der Waals surface area contributed by atoms with E-state index in [0.29, 0.717) is 12.6 Å². The topological polar surface area (TPSA) is 29.5 Å². The van der Waals surface area contributed by atoms with Crippen molar-refractivity contribution in [1.29, 1.82) is 0 Å². The Hall–Kier alpha value is -0.730. The number of ether oxygens (including phenoxy) is 1. The molecule has 0 aliphatic heterocycles. The predicted molar refractivity (Wildman–Crippen MR) is 65.4 cm³/mol. The third-order valence-electron chi connectivity index (χ3n) is 3.54. The maximum atomic E-state index is 11.7. The van der Waals surface area contributed by atoms with Gasteiger partial charge in [0.2, 0.25) is 0 Å². The van der Waals surface area contributed by atoms with Crippen molar-refractivity contribution in [2.24, 2.45) is 5.92 Å². The van der Waals surface area contributed by atoms with Crippen LogP contribution in [0.1, 0.15) is 52.4 Å². The summed E-state index contributed by atoms with van der Waals surface area (Å²) in [6, 6.07) is 0.394. The molecule has 1 saturated carbocycles. The second-order valence-electron chi connectivity index (χ2n) is 4.99. The monoisotopic (exact) mass is 227 g/mol. The second-order valence-corrected chi connectivity index (χ2v) is 4.99. The van der Waals surface area contributed by atoms with Gasteiger partial charge in [0.15, 0.2) is 0 Å². The fraction of sp³-hybridized carbons (Fsp3) is 0.923. The Bertz CT molecular complexity index is 210. The predicted octanol–water partition coefficient (Wildman–Crippen LogP) is 3.43. The molecular weight excluding hydrogens is 202 g/mol. The van der Waals surface area contributed by atoms with Gasteiger partial charge in [0, 0.05) is 13.1 Å². The van der Waals surface area contributed by atoms with Crippen LogP contribution in [0.25, 0.3) is 0 Å². The highest BCUT2D eigenvalue weighted by Crippen LogP contribution is 2.26. The molecule has 94 valence electrons. The van der Waals surface area contributed by atoms with Crippen LogP contribution in [-0.4, -0.2) is 30.7 Å². The van der Waals surface area contributed by atoms with Gasteiger partial charge >= 0.3 is 6.09 Å². The third kappa shape index (κ3) is 4.03. The summed E-state index contributed by atoms with van der Waals surface area (Å²) >= 11 is 0. The Labute approximate surface area is 99.1 Å². The fourth-order valence-electron chi connectivity index (χ4n) is 2.18. The van der Waals surface area contributed by atoms with E-state index in [0.717, 1.165) is 31.6 Å².